The fourth-order valence-electron chi connectivity index (χ4n) is 1.42. The van der Waals surface area contributed by atoms with Crippen molar-refractivity contribution in [2.24, 2.45) is 11.3 Å². The van der Waals surface area contributed by atoms with E-state index in [1.807, 2.05) is 6.92 Å². The maximum Gasteiger partial charge on any atom is 0.132 e. The van der Waals surface area contributed by atoms with Gasteiger partial charge in [-0.1, -0.05) is 40.5 Å². The first kappa shape index (κ1) is 11.7. The van der Waals surface area contributed by atoms with Crippen molar-refractivity contribution in [1.82, 2.24) is 0 Å². The van der Waals surface area contributed by atoms with Gasteiger partial charge in [-0.25, -0.2) is 0 Å². The predicted octanol–water partition coefficient (Wildman–Crippen LogP) is 3.43. The van der Waals surface area contributed by atoms with Crippen LogP contribution in [0.2, 0.25) is 0 Å². The molecule has 0 fully saturated rings. The molecule has 0 N–H and O–H groups in total. The van der Waals surface area contributed by atoms with Crippen molar-refractivity contribution in [3.63, 3.8) is 0 Å². The molecule has 0 bridgehead atoms. The van der Waals surface area contributed by atoms with Crippen molar-refractivity contribution >= 4 is 5.78 Å². The topological polar surface area (TPSA) is 17.1 Å². The molecule has 72 valence electrons. The van der Waals surface area contributed by atoms with Crippen LogP contribution in [0.3, 0.4) is 0 Å². The van der Waals surface area contributed by atoms with Crippen LogP contribution in [0.1, 0.15) is 53.9 Å². The molecule has 0 heterocycles. The normalized spacial score (nSPS) is 14.4. The summed E-state index contributed by atoms with van der Waals surface area (Å²) >= 11 is 0. The molecular formula is C11H22O. The fraction of sp³-hybridized carbons (Fsp3) is 0.909. The first-order chi connectivity index (χ1) is 5.45. The number of rotatable bonds is 5. The number of Topliss-reactive ketones (excluding diaryl/α,β-unsaturated/α-hetero) is 1. The molecular weight excluding hydrogens is 148 g/mol. The fourth-order valence-corrected chi connectivity index (χ4v) is 1.42. The summed E-state index contributed by atoms with van der Waals surface area (Å²) in [7, 11) is 0. The van der Waals surface area contributed by atoms with Gasteiger partial charge < -0.3 is 0 Å². The number of hydrogen-bond acceptors (Lipinski definition) is 1. The van der Waals surface area contributed by atoms with E-state index >= 15 is 0 Å². The summed E-state index contributed by atoms with van der Waals surface area (Å²) < 4.78 is 0. The van der Waals surface area contributed by atoms with Gasteiger partial charge in [0.1, 0.15) is 5.78 Å². The minimum absolute atomic E-state index is 0.231. The summed E-state index contributed by atoms with van der Waals surface area (Å²) in [6.45, 7) is 10.4. The van der Waals surface area contributed by atoms with Gasteiger partial charge >= 0.3 is 0 Å². The summed E-state index contributed by atoms with van der Waals surface area (Å²) in [4.78, 5) is 11.1. The molecule has 0 radical (unpaired) electrons. The molecule has 0 saturated heterocycles. The van der Waals surface area contributed by atoms with Crippen LogP contribution in [-0.2, 0) is 4.79 Å². The van der Waals surface area contributed by atoms with Crippen LogP contribution in [0.25, 0.3) is 0 Å². The molecule has 0 aromatic rings. The van der Waals surface area contributed by atoms with Crippen LogP contribution < -0.4 is 0 Å². The highest BCUT2D eigenvalue weighted by atomic mass is 16.1. The van der Waals surface area contributed by atoms with Gasteiger partial charge in [0.15, 0.2) is 0 Å². The molecule has 0 aliphatic carbocycles. The molecule has 12 heavy (non-hydrogen) atoms. The molecule has 0 aliphatic heterocycles. The highest BCUT2D eigenvalue weighted by Crippen LogP contribution is 2.33. The van der Waals surface area contributed by atoms with Gasteiger partial charge in [-0.15, -0.1) is 0 Å². The molecule has 1 unspecified atom stereocenters. The van der Waals surface area contributed by atoms with Crippen molar-refractivity contribution in [2.45, 2.75) is 53.9 Å². The monoisotopic (exact) mass is 170 g/mol. The van der Waals surface area contributed by atoms with Crippen LogP contribution in [-0.4, -0.2) is 5.78 Å². The lowest BCUT2D eigenvalue weighted by atomic mass is 9.76. The van der Waals surface area contributed by atoms with E-state index in [2.05, 4.69) is 20.8 Å². The molecule has 1 nitrogen and oxygen atoms in total. The average molecular weight is 170 g/mol. The number of carbonyl (C=O) groups is 1. The van der Waals surface area contributed by atoms with Gasteiger partial charge in [0, 0.05) is 5.92 Å². The Morgan fingerprint density at radius 3 is 2.00 bits per heavy atom. The Morgan fingerprint density at radius 2 is 1.75 bits per heavy atom. The molecule has 0 saturated carbocycles. The third-order valence-corrected chi connectivity index (χ3v) is 3.20. The Hall–Kier alpha value is -0.330. The lowest BCUT2D eigenvalue weighted by Crippen LogP contribution is -2.21. The molecule has 0 aliphatic rings. The largest absolute Gasteiger partial charge is 0.300 e. The van der Waals surface area contributed by atoms with Gasteiger partial charge in [-0.3, -0.25) is 4.79 Å². The predicted molar refractivity (Wildman–Crippen MR) is 53.2 cm³/mol. The maximum atomic E-state index is 11.1. The second kappa shape index (κ2) is 4.64. The van der Waals surface area contributed by atoms with E-state index < -0.39 is 0 Å². The molecule has 0 rings (SSSR count). The van der Waals surface area contributed by atoms with Crippen molar-refractivity contribution in [2.75, 3.05) is 0 Å². The number of carbonyl (C=O) groups excluding carboxylic acids is 1. The summed E-state index contributed by atoms with van der Waals surface area (Å²) in [6.07, 6.45) is 3.37. The third-order valence-electron chi connectivity index (χ3n) is 3.20. The molecule has 0 amide bonds. The Bertz CT molecular complexity index is 145. The Labute approximate surface area is 76.6 Å². The first-order valence-electron chi connectivity index (χ1n) is 4.95. The van der Waals surface area contributed by atoms with Crippen molar-refractivity contribution in [1.29, 1.82) is 0 Å². The lowest BCUT2D eigenvalue weighted by molar-refractivity contribution is -0.121. The molecule has 1 atom stereocenters. The molecule has 0 aromatic heterocycles. The Kier molecular flexibility index (Phi) is 4.51. The van der Waals surface area contributed by atoms with Crippen LogP contribution in [0.4, 0.5) is 0 Å². The van der Waals surface area contributed by atoms with E-state index in [0.717, 1.165) is 6.42 Å². The Morgan fingerprint density at radius 1 is 1.33 bits per heavy atom. The summed E-state index contributed by atoms with van der Waals surface area (Å²) in [5.41, 5.74) is 0.366. The van der Waals surface area contributed by atoms with E-state index in [1.165, 1.54) is 12.8 Å². The summed E-state index contributed by atoms with van der Waals surface area (Å²) in [5.74, 6) is 0.554. The van der Waals surface area contributed by atoms with Crippen LogP contribution in [0, 0.1) is 11.3 Å². The highest BCUT2D eigenvalue weighted by molar-refractivity contribution is 5.77. The zero-order valence-electron chi connectivity index (χ0n) is 9.11. The van der Waals surface area contributed by atoms with E-state index in [4.69, 9.17) is 0 Å². The average Bonchev–Trinajstić information content (AvgIpc) is 2.04. The highest BCUT2D eigenvalue weighted by Gasteiger charge is 2.24. The second-order valence-electron chi connectivity index (χ2n) is 4.23. The van der Waals surface area contributed by atoms with Gasteiger partial charge in [0.2, 0.25) is 0 Å². The third kappa shape index (κ3) is 3.38. The van der Waals surface area contributed by atoms with E-state index in [9.17, 15) is 4.79 Å². The number of hydrogen-bond donors (Lipinski definition) is 0. The van der Waals surface area contributed by atoms with E-state index in [0.29, 0.717) is 11.2 Å². The molecule has 1 heteroatoms. The quantitative estimate of drug-likeness (QED) is 0.618. The first-order valence-corrected chi connectivity index (χ1v) is 4.95. The smallest absolute Gasteiger partial charge is 0.132 e. The SMILES string of the molecule is CCC(C)(CC)CC(C)C(C)=O. The van der Waals surface area contributed by atoms with Crippen molar-refractivity contribution in [3.05, 3.63) is 0 Å². The van der Waals surface area contributed by atoms with Crippen molar-refractivity contribution in [3.8, 4) is 0 Å². The van der Waals surface area contributed by atoms with Crippen LogP contribution in [0.15, 0.2) is 0 Å². The zero-order valence-corrected chi connectivity index (χ0v) is 9.11. The second-order valence-corrected chi connectivity index (χ2v) is 4.23. The molecule has 0 aromatic carbocycles. The standard InChI is InChI=1S/C11H22O/c1-6-11(5,7-2)8-9(3)10(4)12/h9H,6-8H2,1-5H3. The maximum absolute atomic E-state index is 11.1. The van der Waals surface area contributed by atoms with E-state index in [1.54, 1.807) is 6.92 Å². The van der Waals surface area contributed by atoms with E-state index in [-0.39, 0.29) is 5.92 Å². The van der Waals surface area contributed by atoms with Gasteiger partial charge in [-0.2, -0.15) is 0 Å². The zero-order chi connectivity index (χ0) is 9.78. The van der Waals surface area contributed by atoms with Gasteiger partial charge in [0.25, 0.3) is 0 Å². The van der Waals surface area contributed by atoms with Crippen LogP contribution in [0.5, 0.6) is 0 Å². The van der Waals surface area contributed by atoms with Crippen molar-refractivity contribution < 1.29 is 4.79 Å². The Balaban J connectivity index is 4.11. The molecule has 0 spiro atoms. The summed E-state index contributed by atoms with van der Waals surface area (Å²) in [6, 6.07) is 0. The van der Waals surface area contributed by atoms with Gasteiger partial charge in [-0.05, 0) is 18.8 Å². The minimum Gasteiger partial charge on any atom is -0.300 e. The summed E-state index contributed by atoms with van der Waals surface area (Å²) in [5, 5.41) is 0. The lowest BCUT2D eigenvalue weighted by Gasteiger charge is -2.28. The van der Waals surface area contributed by atoms with Crippen LogP contribution >= 0.6 is 0 Å². The minimum atomic E-state index is 0.231. The number of ketones is 1. The van der Waals surface area contributed by atoms with Gasteiger partial charge in [0.05, 0.1) is 0 Å².